The first-order chi connectivity index (χ1) is 11.0. The maximum absolute atomic E-state index is 13.0. The summed E-state index contributed by atoms with van der Waals surface area (Å²) >= 11 is 6.19. The Balaban J connectivity index is 1.82. The summed E-state index contributed by atoms with van der Waals surface area (Å²) in [6.45, 7) is 1.78. The van der Waals surface area contributed by atoms with Gasteiger partial charge in [-0.2, -0.15) is 9.49 Å². The van der Waals surface area contributed by atoms with Crippen LogP contribution in [0.15, 0.2) is 30.6 Å². The van der Waals surface area contributed by atoms with Crippen molar-refractivity contribution < 1.29 is 9.18 Å². The molecule has 0 saturated carbocycles. The molecule has 0 spiro atoms. The average molecular weight is 333 g/mol. The van der Waals surface area contributed by atoms with Crippen LogP contribution in [0.4, 0.5) is 10.1 Å². The van der Waals surface area contributed by atoms with Gasteiger partial charge < -0.3 is 5.32 Å². The minimum Gasteiger partial charge on any atom is -0.321 e. The van der Waals surface area contributed by atoms with Crippen LogP contribution < -0.4 is 5.32 Å². The summed E-state index contributed by atoms with van der Waals surface area (Å²) in [4.78, 5) is 23.2. The first-order valence-corrected chi connectivity index (χ1v) is 6.88. The van der Waals surface area contributed by atoms with E-state index in [1.54, 1.807) is 25.1 Å². The van der Waals surface area contributed by atoms with E-state index in [4.69, 9.17) is 11.6 Å². The number of hydrogen-bond acceptors (Lipinski definition) is 5. The highest BCUT2D eigenvalue weighted by Crippen LogP contribution is 2.28. The fourth-order valence-electron chi connectivity index (χ4n) is 1.88. The lowest BCUT2D eigenvalue weighted by atomic mass is 10.2. The molecule has 0 atom stereocenters. The Labute approximate surface area is 135 Å². The number of nitrogens with zero attached hydrogens (tertiary/aromatic N) is 4. The molecule has 7 nitrogen and oxygen atoms in total. The molecule has 9 heteroatoms. The molecule has 0 fully saturated rings. The number of benzene rings is 1. The summed E-state index contributed by atoms with van der Waals surface area (Å²) in [7, 11) is 0. The van der Waals surface area contributed by atoms with Crippen molar-refractivity contribution >= 4 is 23.2 Å². The molecular formula is C14H10ClFN6O. The molecule has 3 rings (SSSR count). The van der Waals surface area contributed by atoms with E-state index < -0.39 is 11.9 Å². The van der Waals surface area contributed by atoms with Crippen LogP contribution in [-0.2, 0) is 0 Å². The molecule has 1 amide bonds. The van der Waals surface area contributed by atoms with E-state index >= 15 is 0 Å². The molecule has 3 aromatic rings. The lowest BCUT2D eigenvalue weighted by Crippen LogP contribution is -2.14. The molecule has 0 aliphatic heterocycles. The van der Waals surface area contributed by atoms with Crippen LogP contribution in [0.5, 0.6) is 0 Å². The number of carbonyl (C=O) groups is 1. The van der Waals surface area contributed by atoms with Crippen molar-refractivity contribution in [2.24, 2.45) is 0 Å². The maximum atomic E-state index is 13.0. The molecule has 1 aromatic carbocycles. The van der Waals surface area contributed by atoms with Crippen molar-refractivity contribution in [1.82, 2.24) is 25.1 Å². The molecule has 2 N–H and O–H groups in total. The van der Waals surface area contributed by atoms with Gasteiger partial charge in [-0.15, -0.1) is 0 Å². The Hall–Kier alpha value is -2.87. The summed E-state index contributed by atoms with van der Waals surface area (Å²) in [6.07, 6.45) is 2.09. The quantitative estimate of drug-likeness (QED) is 0.768. The number of aromatic amines is 1. The summed E-state index contributed by atoms with van der Waals surface area (Å²) in [5.74, 6) is -0.292. The topological polar surface area (TPSA) is 96.5 Å². The van der Waals surface area contributed by atoms with Crippen LogP contribution in [0.1, 0.15) is 16.3 Å². The van der Waals surface area contributed by atoms with Gasteiger partial charge in [0.2, 0.25) is 5.95 Å². The molecule has 0 unspecified atom stereocenters. The van der Waals surface area contributed by atoms with Crippen molar-refractivity contribution in [3.05, 3.63) is 53.1 Å². The van der Waals surface area contributed by atoms with Gasteiger partial charge >= 0.3 is 0 Å². The van der Waals surface area contributed by atoms with Gasteiger partial charge in [0.05, 0.1) is 17.4 Å². The van der Waals surface area contributed by atoms with Crippen LogP contribution in [0, 0.1) is 12.9 Å². The molecular weight excluding hydrogens is 323 g/mol. The SMILES string of the molecule is Cc1nc(-c2ccc(NC(=O)c3cncc(F)n3)cc2Cl)n[nH]1. The Kier molecular flexibility index (Phi) is 3.98. The molecule has 23 heavy (non-hydrogen) atoms. The number of carbonyl (C=O) groups excluding carboxylic acids is 1. The normalized spacial score (nSPS) is 10.6. The number of amides is 1. The fourth-order valence-corrected chi connectivity index (χ4v) is 2.15. The van der Waals surface area contributed by atoms with Crippen molar-refractivity contribution in [2.75, 3.05) is 5.32 Å². The van der Waals surface area contributed by atoms with Gasteiger partial charge in [0.1, 0.15) is 11.5 Å². The second kappa shape index (κ2) is 6.09. The van der Waals surface area contributed by atoms with Crippen molar-refractivity contribution in [3.63, 3.8) is 0 Å². The number of nitrogens with one attached hydrogen (secondary N) is 2. The van der Waals surface area contributed by atoms with Crippen molar-refractivity contribution in [2.45, 2.75) is 6.92 Å². The zero-order valence-corrected chi connectivity index (χ0v) is 12.6. The van der Waals surface area contributed by atoms with Crippen LogP contribution in [0.3, 0.4) is 0 Å². The number of anilines is 1. The highest BCUT2D eigenvalue weighted by molar-refractivity contribution is 6.33. The Morgan fingerprint density at radius 2 is 2.13 bits per heavy atom. The zero-order chi connectivity index (χ0) is 16.4. The molecule has 116 valence electrons. The molecule has 0 aliphatic carbocycles. The average Bonchev–Trinajstić information content (AvgIpc) is 2.93. The van der Waals surface area contributed by atoms with Crippen LogP contribution >= 0.6 is 11.6 Å². The van der Waals surface area contributed by atoms with Gasteiger partial charge in [0.15, 0.2) is 5.82 Å². The predicted octanol–water partition coefficient (Wildman–Crippen LogP) is 2.61. The molecule has 0 radical (unpaired) electrons. The fraction of sp³-hybridized carbons (Fsp3) is 0.0714. The van der Waals surface area contributed by atoms with Gasteiger partial charge in [0.25, 0.3) is 5.91 Å². The lowest BCUT2D eigenvalue weighted by Gasteiger charge is -2.07. The standard InChI is InChI=1S/C14H10ClFN6O/c1-7-18-13(22-21-7)9-3-2-8(4-10(9)15)19-14(23)11-5-17-6-12(16)20-11/h2-6H,1H3,(H,19,23)(H,18,21,22). The van der Waals surface area contributed by atoms with E-state index in [0.29, 0.717) is 27.9 Å². The minimum absolute atomic E-state index is 0.130. The third-order valence-electron chi connectivity index (χ3n) is 2.90. The van der Waals surface area contributed by atoms with Crippen molar-refractivity contribution in [3.8, 4) is 11.4 Å². The van der Waals surface area contributed by atoms with E-state index in [-0.39, 0.29) is 5.69 Å². The van der Waals surface area contributed by atoms with Gasteiger partial charge in [-0.1, -0.05) is 11.6 Å². The van der Waals surface area contributed by atoms with E-state index in [0.717, 1.165) is 6.20 Å². The van der Waals surface area contributed by atoms with Gasteiger partial charge in [-0.05, 0) is 25.1 Å². The number of halogens is 2. The minimum atomic E-state index is -0.828. The largest absolute Gasteiger partial charge is 0.321 e. The van der Waals surface area contributed by atoms with Crippen LogP contribution in [0.25, 0.3) is 11.4 Å². The predicted molar refractivity (Wildman–Crippen MR) is 81.5 cm³/mol. The molecule has 2 heterocycles. The molecule has 0 aliphatic rings. The number of aromatic nitrogens is 5. The molecule has 2 aromatic heterocycles. The van der Waals surface area contributed by atoms with Gasteiger partial charge in [-0.25, -0.2) is 9.97 Å². The molecule has 0 saturated heterocycles. The second-order valence-corrected chi connectivity index (χ2v) is 5.03. The summed E-state index contributed by atoms with van der Waals surface area (Å²) in [5.41, 5.74) is 0.927. The number of hydrogen-bond donors (Lipinski definition) is 2. The van der Waals surface area contributed by atoms with Gasteiger partial charge in [-0.3, -0.25) is 14.9 Å². The Morgan fingerprint density at radius 1 is 1.30 bits per heavy atom. The monoisotopic (exact) mass is 332 g/mol. The van der Waals surface area contributed by atoms with E-state index in [1.165, 1.54) is 6.20 Å². The third-order valence-corrected chi connectivity index (χ3v) is 3.22. The van der Waals surface area contributed by atoms with Crippen molar-refractivity contribution in [1.29, 1.82) is 0 Å². The smallest absolute Gasteiger partial charge is 0.275 e. The maximum Gasteiger partial charge on any atom is 0.275 e. The zero-order valence-electron chi connectivity index (χ0n) is 11.8. The summed E-state index contributed by atoms with van der Waals surface area (Å²) < 4.78 is 13.0. The third kappa shape index (κ3) is 3.32. The first-order valence-electron chi connectivity index (χ1n) is 6.51. The first kappa shape index (κ1) is 15.0. The summed E-state index contributed by atoms with van der Waals surface area (Å²) in [6, 6.07) is 4.86. The van der Waals surface area contributed by atoms with E-state index in [1.807, 2.05) is 0 Å². The highest BCUT2D eigenvalue weighted by Gasteiger charge is 2.12. The van der Waals surface area contributed by atoms with Crippen LogP contribution in [0.2, 0.25) is 5.02 Å². The highest BCUT2D eigenvalue weighted by atomic mass is 35.5. The number of aryl methyl sites for hydroxylation is 1. The second-order valence-electron chi connectivity index (χ2n) is 4.62. The Bertz CT molecular complexity index is 881. The molecule has 0 bridgehead atoms. The van der Waals surface area contributed by atoms with E-state index in [9.17, 15) is 9.18 Å². The lowest BCUT2D eigenvalue weighted by molar-refractivity contribution is 0.102. The van der Waals surface area contributed by atoms with Crippen LogP contribution in [-0.4, -0.2) is 31.1 Å². The van der Waals surface area contributed by atoms with Gasteiger partial charge in [0, 0.05) is 11.3 Å². The van der Waals surface area contributed by atoms with E-state index in [2.05, 4.69) is 30.5 Å². The number of rotatable bonds is 3. The number of H-pyrrole nitrogens is 1. The Morgan fingerprint density at radius 3 is 2.78 bits per heavy atom. The summed E-state index contributed by atoms with van der Waals surface area (Å²) in [5, 5.41) is 9.69.